The van der Waals surface area contributed by atoms with Gasteiger partial charge >= 0.3 is 0 Å². The van der Waals surface area contributed by atoms with Gasteiger partial charge in [-0.3, -0.25) is 4.79 Å². The van der Waals surface area contributed by atoms with Crippen LogP contribution >= 0.6 is 11.6 Å². The summed E-state index contributed by atoms with van der Waals surface area (Å²) < 4.78 is 16.9. The first-order valence-electron chi connectivity index (χ1n) is 8.49. The number of nitrogens with zero attached hydrogens (tertiary/aromatic N) is 1. The molecule has 0 atom stereocenters. The predicted molar refractivity (Wildman–Crippen MR) is 106 cm³/mol. The molecular formula is C20H23ClN2O4. The van der Waals surface area contributed by atoms with Gasteiger partial charge in [0.2, 0.25) is 5.91 Å². The number of aryl methyl sites for hydroxylation is 1. The van der Waals surface area contributed by atoms with E-state index in [9.17, 15) is 4.79 Å². The van der Waals surface area contributed by atoms with E-state index >= 15 is 0 Å². The number of hydrazone groups is 1. The fraction of sp³-hybridized carbons (Fsp3) is 0.300. The molecule has 144 valence electrons. The third-order valence-electron chi connectivity index (χ3n) is 3.57. The van der Waals surface area contributed by atoms with Crippen molar-refractivity contribution in [3.63, 3.8) is 0 Å². The minimum absolute atomic E-state index is 0.253. The van der Waals surface area contributed by atoms with Crippen molar-refractivity contribution in [2.45, 2.75) is 20.3 Å². The maximum atomic E-state index is 10.9. The highest BCUT2D eigenvalue weighted by Crippen LogP contribution is 2.36. The molecule has 0 fully saturated rings. The molecule has 6 nitrogen and oxygen atoms in total. The Hall–Kier alpha value is -2.73. The summed E-state index contributed by atoms with van der Waals surface area (Å²) in [5.41, 5.74) is 4.11. The number of methoxy groups -OCH3 is 1. The van der Waals surface area contributed by atoms with Gasteiger partial charge in [0.05, 0.1) is 31.6 Å². The SMILES string of the molecule is COc1cc(C=NNC(C)=O)cc(Cl)c1OCCCOc1ccccc1C. The van der Waals surface area contributed by atoms with Crippen LogP contribution in [0.25, 0.3) is 0 Å². The van der Waals surface area contributed by atoms with E-state index in [0.29, 0.717) is 41.7 Å². The number of ether oxygens (including phenoxy) is 3. The Morgan fingerprint density at radius 3 is 2.63 bits per heavy atom. The van der Waals surface area contributed by atoms with Gasteiger partial charge in [0, 0.05) is 13.3 Å². The molecule has 2 aromatic carbocycles. The highest BCUT2D eigenvalue weighted by molar-refractivity contribution is 6.32. The molecule has 0 heterocycles. The second-order valence-corrected chi connectivity index (χ2v) is 6.18. The lowest BCUT2D eigenvalue weighted by molar-refractivity contribution is -0.118. The van der Waals surface area contributed by atoms with Crippen molar-refractivity contribution in [1.82, 2.24) is 5.43 Å². The number of benzene rings is 2. The number of amides is 1. The maximum absolute atomic E-state index is 10.9. The Morgan fingerprint density at radius 1 is 1.19 bits per heavy atom. The zero-order valence-electron chi connectivity index (χ0n) is 15.6. The molecule has 2 aromatic rings. The van der Waals surface area contributed by atoms with Crippen molar-refractivity contribution < 1.29 is 19.0 Å². The van der Waals surface area contributed by atoms with Crippen LogP contribution in [-0.4, -0.2) is 32.4 Å². The zero-order chi connectivity index (χ0) is 19.6. The maximum Gasteiger partial charge on any atom is 0.236 e. The van der Waals surface area contributed by atoms with E-state index < -0.39 is 0 Å². The van der Waals surface area contributed by atoms with Crippen LogP contribution in [0.3, 0.4) is 0 Å². The van der Waals surface area contributed by atoms with Gasteiger partial charge in [0.1, 0.15) is 5.75 Å². The van der Waals surface area contributed by atoms with Crippen LogP contribution in [0.5, 0.6) is 17.2 Å². The molecule has 1 N–H and O–H groups in total. The molecule has 0 spiro atoms. The third kappa shape index (κ3) is 6.49. The number of carbonyl (C=O) groups excluding carboxylic acids is 1. The van der Waals surface area contributed by atoms with Crippen LogP contribution in [0, 0.1) is 6.92 Å². The first-order chi connectivity index (χ1) is 13.0. The van der Waals surface area contributed by atoms with Crippen LogP contribution in [0.4, 0.5) is 0 Å². The van der Waals surface area contributed by atoms with Crippen molar-refractivity contribution in [2.24, 2.45) is 5.10 Å². The molecule has 0 aliphatic rings. The van der Waals surface area contributed by atoms with E-state index in [2.05, 4.69) is 10.5 Å². The summed E-state index contributed by atoms with van der Waals surface area (Å²) in [6, 6.07) is 11.3. The molecule has 0 bridgehead atoms. The number of hydrogen-bond acceptors (Lipinski definition) is 5. The van der Waals surface area contributed by atoms with Crippen LogP contribution < -0.4 is 19.6 Å². The lowest BCUT2D eigenvalue weighted by atomic mass is 10.2. The number of nitrogens with one attached hydrogen (secondary N) is 1. The summed E-state index contributed by atoms with van der Waals surface area (Å²) >= 11 is 6.30. The van der Waals surface area contributed by atoms with Crippen LogP contribution in [0.2, 0.25) is 5.02 Å². The molecular weight excluding hydrogens is 368 g/mol. The van der Waals surface area contributed by atoms with E-state index in [1.54, 1.807) is 12.1 Å². The lowest BCUT2D eigenvalue weighted by Gasteiger charge is -2.14. The molecule has 0 saturated carbocycles. The van der Waals surface area contributed by atoms with Gasteiger partial charge in [0.25, 0.3) is 0 Å². The van der Waals surface area contributed by atoms with Crippen molar-refractivity contribution in [3.05, 3.63) is 52.5 Å². The van der Waals surface area contributed by atoms with E-state index in [0.717, 1.165) is 11.3 Å². The van der Waals surface area contributed by atoms with Crippen molar-refractivity contribution in [1.29, 1.82) is 0 Å². The second kappa shape index (κ2) is 10.4. The minimum atomic E-state index is -0.253. The Labute approximate surface area is 164 Å². The molecule has 0 aliphatic carbocycles. The van der Waals surface area contributed by atoms with E-state index in [1.807, 2.05) is 31.2 Å². The first kappa shape index (κ1) is 20.6. The molecule has 0 radical (unpaired) electrons. The molecule has 0 unspecified atom stereocenters. The van der Waals surface area contributed by atoms with Crippen molar-refractivity contribution >= 4 is 23.7 Å². The number of halogens is 1. The zero-order valence-corrected chi connectivity index (χ0v) is 16.4. The van der Waals surface area contributed by atoms with Crippen molar-refractivity contribution in [2.75, 3.05) is 20.3 Å². The summed E-state index contributed by atoms with van der Waals surface area (Å²) in [4.78, 5) is 10.9. The Bertz CT molecular complexity index is 809. The monoisotopic (exact) mass is 390 g/mol. The molecule has 0 aliphatic heterocycles. The fourth-order valence-electron chi connectivity index (χ4n) is 2.29. The van der Waals surface area contributed by atoms with Gasteiger partial charge in [-0.1, -0.05) is 29.8 Å². The molecule has 0 saturated heterocycles. The number of carbonyl (C=O) groups is 1. The standard InChI is InChI=1S/C20H23ClN2O4/c1-14-7-4-5-8-18(14)26-9-6-10-27-20-17(21)11-16(12-19(20)25-3)13-22-23-15(2)24/h4-5,7-8,11-13H,6,9-10H2,1-3H3,(H,23,24). The van der Waals surface area contributed by atoms with Gasteiger partial charge in [0.15, 0.2) is 11.5 Å². The van der Waals surface area contributed by atoms with E-state index in [-0.39, 0.29) is 5.91 Å². The number of rotatable bonds is 9. The Morgan fingerprint density at radius 2 is 1.93 bits per heavy atom. The van der Waals surface area contributed by atoms with E-state index in [4.69, 9.17) is 25.8 Å². The first-order valence-corrected chi connectivity index (χ1v) is 8.87. The highest BCUT2D eigenvalue weighted by atomic mass is 35.5. The normalized spacial score (nSPS) is 10.7. The van der Waals surface area contributed by atoms with Gasteiger partial charge in [-0.25, -0.2) is 5.43 Å². The average molecular weight is 391 g/mol. The molecule has 27 heavy (non-hydrogen) atoms. The van der Waals surface area contributed by atoms with Crippen LogP contribution in [-0.2, 0) is 4.79 Å². The third-order valence-corrected chi connectivity index (χ3v) is 3.85. The smallest absolute Gasteiger partial charge is 0.236 e. The van der Waals surface area contributed by atoms with Crippen molar-refractivity contribution in [3.8, 4) is 17.2 Å². The second-order valence-electron chi connectivity index (χ2n) is 5.78. The van der Waals surface area contributed by atoms with Gasteiger partial charge in [-0.05, 0) is 36.2 Å². The Balaban J connectivity index is 1.90. The molecule has 1 amide bonds. The van der Waals surface area contributed by atoms with E-state index in [1.165, 1.54) is 20.2 Å². The quantitative estimate of drug-likeness (QED) is 0.399. The van der Waals surface area contributed by atoms with Gasteiger partial charge in [-0.2, -0.15) is 5.10 Å². The molecule has 0 aromatic heterocycles. The summed E-state index contributed by atoms with van der Waals surface area (Å²) in [5, 5.41) is 4.21. The topological polar surface area (TPSA) is 69.2 Å². The number of para-hydroxylation sites is 1. The minimum Gasteiger partial charge on any atom is -0.493 e. The number of hydrogen-bond donors (Lipinski definition) is 1. The fourth-order valence-corrected chi connectivity index (χ4v) is 2.56. The lowest BCUT2D eigenvalue weighted by Crippen LogP contribution is -2.12. The van der Waals surface area contributed by atoms with Gasteiger partial charge < -0.3 is 14.2 Å². The molecule has 2 rings (SSSR count). The highest BCUT2D eigenvalue weighted by Gasteiger charge is 2.11. The summed E-state index contributed by atoms with van der Waals surface area (Å²) in [5.74, 6) is 1.58. The average Bonchev–Trinajstić information content (AvgIpc) is 2.63. The predicted octanol–water partition coefficient (Wildman–Crippen LogP) is 3.97. The molecule has 7 heteroatoms. The van der Waals surface area contributed by atoms with Crippen LogP contribution in [0.1, 0.15) is 24.5 Å². The summed E-state index contributed by atoms with van der Waals surface area (Å²) in [6.07, 6.45) is 2.18. The Kier molecular flexibility index (Phi) is 7.95. The summed E-state index contributed by atoms with van der Waals surface area (Å²) in [7, 11) is 1.54. The van der Waals surface area contributed by atoms with Crippen LogP contribution in [0.15, 0.2) is 41.5 Å². The van der Waals surface area contributed by atoms with Gasteiger partial charge in [-0.15, -0.1) is 0 Å². The summed E-state index contributed by atoms with van der Waals surface area (Å²) in [6.45, 7) is 4.35. The largest absolute Gasteiger partial charge is 0.493 e.